The van der Waals surface area contributed by atoms with Crippen molar-refractivity contribution < 1.29 is 13.2 Å². The monoisotopic (exact) mass is 372 g/mol. The van der Waals surface area contributed by atoms with Crippen molar-refractivity contribution in [3.8, 4) is 5.06 Å². The van der Waals surface area contributed by atoms with Gasteiger partial charge in [0.2, 0.25) is 10.0 Å². The summed E-state index contributed by atoms with van der Waals surface area (Å²) in [5, 5.41) is 0.577. The van der Waals surface area contributed by atoms with Crippen LogP contribution in [0.4, 0.5) is 0 Å². The van der Waals surface area contributed by atoms with Gasteiger partial charge in [-0.05, 0) is 52.2 Å². The van der Waals surface area contributed by atoms with Gasteiger partial charge in [-0.25, -0.2) is 8.42 Å². The van der Waals surface area contributed by atoms with Gasteiger partial charge in [0.25, 0.3) is 0 Å². The Morgan fingerprint density at radius 3 is 2.62 bits per heavy atom. The Balaban J connectivity index is 1.66. The molecule has 1 saturated heterocycles. The van der Waals surface area contributed by atoms with Crippen molar-refractivity contribution in [3.05, 3.63) is 16.5 Å². The lowest BCUT2D eigenvalue weighted by Crippen LogP contribution is -2.39. The van der Waals surface area contributed by atoms with Gasteiger partial charge in [0, 0.05) is 37.1 Å². The fourth-order valence-corrected chi connectivity index (χ4v) is 5.67. The van der Waals surface area contributed by atoms with E-state index < -0.39 is 10.0 Å². The van der Waals surface area contributed by atoms with E-state index in [0.29, 0.717) is 19.1 Å². The lowest BCUT2D eigenvalue weighted by Gasteiger charge is -2.27. The molecule has 1 fully saturated rings. The highest BCUT2D eigenvalue weighted by molar-refractivity contribution is 7.89. The van der Waals surface area contributed by atoms with E-state index in [4.69, 9.17) is 4.74 Å². The molecule has 0 aromatic carbocycles. The first-order valence-corrected chi connectivity index (χ1v) is 11.1. The number of fused-ring (bicyclic) bond motifs is 1. The summed E-state index contributed by atoms with van der Waals surface area (Å²) in [5.74, 6) is 0. The first-order valence-electron chi connectivity index (χ1n) is 8.78. The average Bonchev–Trinajstić information content (AvgIpc) is 3.12. The van der Waals surface area contributed by atoms with Crippen molar-refractivity contribution in [1.29, 1.82) is 0 Å². The second-order valence-corrected chi connectivity index (χ2v) is 10.9. The molecular formula is C17H28N2O3S2. The van der Waals surface area contributed by atoms with Crippen LogP contribution in [0.15, 0.2) is 6.07 Å². The fraction of sp³-hybridized carbons (Fsp3) is 0.765. The molecule has 7 heteroatoms. The third-order valence-corrected chi connectivity index (χ3v) is 8.31. The maximum Gasteiger partial charge on any atom is 0.216 e. The van der Waals surface area contributed by atoms with E-state index in [1.165, 1.54) is 4.88 Å². The molecule has 1 atom stereocenters. The quantitative estimate of drug-likeness (QED) is 0.797. The van der Waals surface area contributed by atoms with Crippen LogP contribution in [0, 0.1) is 0 Å². The van der Waals surface area contributed by atoms with Crippen LogP contribution in [-0.2, 0) is 23.0 Å². The standard InChI is InChI=1S/C17H28N2O3S2/c1-12(2)18-7-5-15(11-18)22-17-9-14-10-19(8-6-16(14)23-17)24(20,21)13(3)4/h9,12-13,15H,5-8,10-11H2,1-4H3. The summed E-state index contributed by atoms with van der Waals surface area (Å²) >= 11 is 1.69. The number of hydrogen-bond acceptors (Lipinski definition) is 5. The second-order valence-electron chi connectivity index (χ2n) is 7.31. The summed E-state index contributed by atoms with van der Waals surface area (Å²) in [6, 6.07) is 2.62. The maximum atomic E-state index is 12.4. The number of thiophene rings is 1. The summed E-state index contributed by atoms with van der Waals surface area (Å²) in [5.41, 5.74) is 1.11. The molecule has 24 heavy (non-hydrogen) atoms. The van der Waals surface area contributed by atoms with Gasteiger partial charge < -0.3 is 4.74 Å². The molecule has 0 aliphatic carbocycles. The molecular weight excluding hydrogens is 344 g/mol. The van der Waals surface area contributed by atoms with Crippen LogP contribution >= 0.6 is 11.3 Å². The van der Waals surface area contributed by atoms with Gasteiger partial charge in [0.15, 0.2) is 5.06 Å². The first kappa shape index (κ1) is 18.2. The number of ether oxygens (including phenoxy) is 1. The topological polar surface area (TPSA) is 49.9 Å². The number of likely N-dealkylation sites (tertiary alicyclic amines) is 1. The van der Waals surface area contributed by atoms with Crippen molar-refractivity contribution in [3.63, 3.8) is 0 Å². The van der Waals surface area contributed by atoms with Crippen molar-refractivity contribution in [2.75, 3.05) is 19.6 Å². The highest BCUT2D eigenvalue weighted by atomic mass is 32.2. The van der Waals surface area contributed by atoms with Crippen LogP contribution in [-0.4, -0.2) is 54.7 Å². The highest BCUT2D eigenvalue weighted by Gasteiger charge is 2.31. The number of rotatable bonds is 5. The zero-order valence-corrected chi connectivity index (χ0v) is 16.6. The minimum Gasteiger partial charge on any atom is -0.479 e. The normalized spacial score (nSPS) is 23.2. The molecule has 2 aliphatic heterocycles. The second kappa shape index (κ2) is 6.94. The molecule has 3 rings (SSSR count). The minimum atomic E-state index is -3.18. The highest BCUT2D eigenvalue weighted by Crippen LogP contribution is 2.35. The Morgan fingerprint density at radius 1 is 1.25 bits per heavy atom. The van der Waals surface area contributed by atoms with Crippen LogP contribution in [0.3, 0.4) is 0 Å². The zero-order chi connectivity index (χ0) is 17.5. The maximum absolute atomic E-state index is 12.4. The van der Waals surface area contributed by atoms with E-state index in [-0.39, 0.29) is 11.4 Å². The lowest BCUT2D eigenvalue weighted by atomic mass is 10.1. The Morgan fingerprint density at radius 2 is 2.00 bits per heavy atom. The third-order valence-electron chi connectivity index (χ3n) is 4.95. The van der Waals surface area contributed by atoms with E-state index in [1.54, 1.807) is 29.5 Å². The van der Waals surface area contributed by atoms with E-state index in [2.05, 4.69) is 24.8 Å². The molecule has 0 spiro atoms. The molecule has 0 amide bonds. The Labute approximate surface area is 149 Å². The first-order chi connectivity index (χ1) is 11.3. The SMILES string of the molecule is CC(C)N1CCC(Oc2cc3c(s2)CCN(S(=O)(=O)C(C)C)C3)C1. The van der Waals surface area contributed by atoms with Crippen LogP contribution in [0.25, 0.3) is 0 Å². The average molecular weight is 373 g/mol. The van der Waals surface area contributed by atoms with E-state index in [1.807, 2.05) is 0 Å². The Hall–Kier alpha value is -0.630. The predicted molar refractivity (Wildman–Crippen MR) is 98.2 cm³/mol. The molecule has 0 saturated carbocycles. The summed E-state index contributed by atoms with van der Waals surface area (Å²) in [6.07, 6.45) is 2.11. The van der Waals surface area contributed by atoms with Crippen LogP contribution in [0.5, 0.6) is 5.06 Å². The largest absolute Gasteiger partial charge is 0.479 e. The molecule has 3 heterocycles. The van der Waals surface area contributed by atoms with E-state index >= 15 is 0 Å². The zero-order valence-electron chi connectivity index (χ0n) is 15.0. The minimum absolute atomic E-state index is 0.253. The summed E-state index contributed by atoms with van der Waals surface area (Å²) < 4.78 is 32.5. The van der Waals surface area contributed by atoms with Crippen LogP contribution in [0.2, 0.25) is 0 Å². The van der Waals surface area contributed by atoms with E-state index in [0.717, 1.165) is 36.6 Å². The molecule has 1 aromatic heterocycles. The van der Waals surface area contributed by atoms with Crippen molar-refractivity contribution in [1.82, 2.24) is 9.21 Å². The molecule has 1 aromatic rings. The third kappa shape index (κ3) is 3.64. The Bertz CT molecular complexity index is 682. The summed E-state index contributed by atoms with van der Waals surface area (Å²) in [4.78, 5) is 3.72. The predicted octanol–water partition coefficient (Wildman–Crippen LogP) is 2.71. The molecule has 2 aliphatic rings. The molecule has 0 radical (unpaired) electrons. The van der Waals surface area contributed by atoms with Crippen molar-refractivity contribution in [2.45, 2.75) is 64.5 Å². The molecule has 0 N–H and O–H groups in total. The lowest BCUT2D eigenvalue weighted by molar-refractivity contribution is 0.192. The van der Waals surface area contributed by atoms with Gasteiger partial charge in [-0.3, -0.25) is 4.90 Å². The van der Waals surface area contributed by atoms with Crippen molar-refractivity contribution in [2.24, 2.45) is 0 Å². The van der Waals surface area contributed by atoms with Gasteiger partial charge in [0.1, 0.15) is 6.10 Å². The van der Waals surface area contributed by atoms with Crippen molar-refractivity contribution >= 4 is 21.4 Å². The Kier molecular flexibility index (Phi) is 5.25. The van der Waals surface area contributed by atoms with Crippen LogP contribution in [0.1, 0.15) is 44.6 Å². The molecule has 136 valence electrons. The molecule has 5 nitrogen and oxygen atoms in total. The van der Waals surface area contributed by atoms with Gasteiger partial charge in [-0.2, -0.15) is 4.31 Å². The fourth-order valence-electron chi connectivity index (χ4n) is 3.34. The number of sulfonamides is 1. The summed E-state index contributed by atoms with van der Waals surface area (Å²) in [6.45, 7) is 11.1. The summed E-state index contributed by atoms with van der Waals surface area (Å²) in [7, 11) is -3.18. The molecule has 1 unspecified atom stereocenters. The van der Waals surface area contributed by atoms with Gasteiger partial charge in [0.05, 0.1) is 5.25 Å². The smallest absolute Gasteiger partial charge is 0.216 e. The van der Waals surface area contributed by atoms with E-state index in [9.17, 15) is 8.42 Å². The number of hydrogen-bond donors (Lipinski definition) is 0. The van der Waals surface area contributed by atoms with Gasteiger partial charge >= 0.3 is 0 Å². The number of nitrogens with zero attached hydrogens (tertiary/aromatic N) is 2. The van der Waals surface area contributed by atoms with Gasteiger partial charge in [-0.15, -0.1) is 11.3 Å². The molecule has 0 bridgehead atoms. The van der Waals surface area contributed by atoms with Crippen LogP contribution < -0.4 is 4.74 Å². The van der Waals surface area contributed by atoms with Gasteiger partial charge in [-0.1, -0.05) is 0 Å².